The number of rotatable bonds is 11. The number of piperidine rings is 1. The number of aryl methyl sites for hydroxylation is 1. The molecule has 1 fully saturated rings. The van der Waals surface area contributed by atoms with Crippen LogP contribution in [0.2, 0.25) is 0 Å². The molecule has 4 heteroatoms. The van der Waals surface area contributed by atoms with Crippen LogP contribution in [0.4, 0.5) is 8.78 Å². The van der Waals surface area contributed by atoms with Crippen molar-refractivity contribution >= 4 is 5.70 Å². The maximum absolute atomic E-state index is 12.7. The third-order valence-corrected chi connectivity index (χ3v) is 7.79. The molecular formula is C33H47F2NO. The first-order valence-corrected chi connectivity index (χ1v) is 14.0. The number of hydrogen-bond acceptors (Lipinski definition) is 2. The molecule has 0 N–H and O–H groups in total. The van der Waals surface area contributed by atoms with Gasteiger partial charge in [0.05, 0.1) is 6.61 Å². The van der Waals surface area contributed by atoms with E-state index in [1.54, 1.807) is 0 Å². The van der Waals surface area contributed by atoms with E-state index in [4.69, 9.17) is 4.74 Å². The fraction of sp³-hybridized carbons (Fsp3) is 0.576. The lowest BCUT2D eigenvalue weighted by Crippen LogP contribution is -2.42. The van der Waals surface area contributed by atoms with Gasteiger partial charge in [-0.2, -0.15) is 0 Å². The number of likely N-dealkylation sites (tertiary alicyclic amines) is 1. The van der Waals surface area contributed by atoms with Gasteiger partial charge in [-0.05, 0) is 86.5 Å². The van der Waals surface area contributed by atoms with Crippen LogP contribution >= 0.6 is 0 Å². The Morgan fingerprint density at radius 1 is 1.19 bits per heavy atom. The van der Waals surface area contributed by atoms with Crippen molar-refractivity contribution in [1.29, 1.82) is 0 Å². The van der Waals surface area contributed by atoms with Crippen molar-refractivity contribution in [2.24, 2.45) is 17.3 Å². The molecule has 204 valence electrons. The zero-order valence-corrected chi connectivity index (χ0v) is 23.7. The molecule has 37 heavy (non-hydrogen) atoms. The number of allylic oxidation sites excluding steroid dienone is 5. The third-order valence-electron chi connectivity index (χ3n) is 7.79. The highest BCUT2D eigenvalue weighted by Gasteiger charge is 2.39. The van der Waals surface area contributed by atoms with E-state index in [1.165, 1.54) is 27.8 Å². The largest absolute Gasteiger partial charge is 0.375 e. The first-order chi connectivity index (χ1) is 17.6. The normalized spacial score (nSPS) is 19.6. The van der Waals surface area contributed by atoms with Gasteiger partial charge in [0.25, 0.3) is 6.43 Å². The second-order valence-corrected chi connectivity index (χ2v) is 11.8. The number of ether oxygens (including phenoxy) is 1. The van der Waals surface area contributed by atoms with Crippen LogP contribution in [0.15, 0.2) is 60.2 Å². The summed E-state index contributed by atoms with van der Waals surface area (Å²) in [6.07, 6.45) is 12.6. The second-order valence-electron chi connectivity index (χ2n) is 11.8. The Labute approximate surface area is 224 Å². The lowest BCUT2D eigenvalue weighted by Gasteiger charge is -2.47. The minimum atomic E-state index is -2.42. The van der Waals surface area contributed by atoms with Crippen LogP contribution in [0.5, 0.6) is 0 Å². The van der Waals surface area contributed by atoms with E-state index >= 15 is 0 Å². The van der Waals surface area contributed by atoms with Crippen molar-refractivity contribution in [3.8, 4) is 0 Å². The molecule has 1 aromatic rings. The van der Waals surface area contributed by atoms with Gasteiger partial charge in [0, 0.05) is 24.7 Å². The Bertz CT molecular complexity index is 992. The standard InChI is InChI=1S/C33H47F2NO/c1-7-29-19-30(11-12-31(29)17-25(4)5)26(6)36-15-13-33(14-16-36)20-27(10-8-9-24(2)3)18-28(21-33)22-37-23-32(34)35/h8-12,18-19,25,28,32H,6-7,13-17,20-23H2,1-5H3/b10-8-. The summed E-state index contributed by atoms with van der Waals surface area (Å²) >= 11 is 0. The van der Waals surface area contributed by atoms with E-state index in [0.717, 1.165) is 57.3 Å². The van der Waals surface area contributed by atoms with E-state index in [-0.39, 0.29) is 11.3 Å². The molecule has 0 saturated carbocycles. The fourth-order valence-electron chi connectivity index (χ4n) is 5.96. The van der Waals surface area contributed by atoms with Gasteiger partial charge in [-0.25, -0.2) is 8.78 Å². The summed E-state index contributed by atoms with van der Waals surface area (Å²) in [5.74, 6) is 0.822. The topological polar surface area (TPSA) is 12.5 Å². The first-order valence-electron chi connectivity index (χ1n) is 14.0. The summed E-state index contributed by atoms with van der Waals surface area (Å²) in [5, 5.41) is 0. The summed E-state index contributed by atoms with van der Waals surface area (Å²) in [7, 11) is 0. The molecule has 0 bridgehead atoms. The van der Waals surface area contributed by atoms with Crippen molar-refractivity contribution in [2.75, 3.05) is 26.3 Å². The summed E-state index contributed by atoms with van der Waals surface area (Å²) in [6, 6.07) is 6.89. The Morgan fingerprint density at radius 2 is 1.92 bits per heavy atom. The zero-order chi connectivity index (χ0) is 27.0. The molecule has 2 nitrogen and oxygen atoms in total. The van der Waals surface area contributed by atoms with Crippen LogP contribution < -0.4 is 0 Å². The third kappa shape index (κ3) is 8.67. The van der Waals surface area contributed by atoms with Crippen LogP contribution in [-0.4, -0.2) is 37.6 Å². The first kappa shape index (κ1) is 29.4. The van der Waals surface area contributed by atoms with Crippen molar-refractivity contribution in [1.82, 2.24) is 4.90 Å². The molecule has 1 aliphatic carbocycles. The van der Waals surface area contributed by atoms with Crippen LogP contribution in [0, 0.1) is 17.3 Å². The monoisotopic (exact) mass is 511 g/mol. The summed E-state index contributed by atoms with van der Waals surface area (Å²) in [5.41, 5.74) is 7.97. The quantitative estimate of drug-likeness (QED) is 0.276. The minimum absolute atomic E-state index is 0.175. The highest BCUT2D eigenvalue weighted by Crippen LogP contribution is 2.48. The highest BCUT2D eigenvalue weighted by molar-refractivity contribution is 5.63. The van der Waals surface area contributed by atoms with Crippen LogP contribution in [0.3, 0.4) is 0 Å². The molecule has 1 heterocycles. The Balaban J connectivity index is 1.69. The summed E-state index contributed by atoms with van der Waals surface area (Å²) in [4.78, 5) is 2.45. The molecule has 1 unspecified atom stereocenters. The molecule has 1 spiro atoms. The van der Waals surface area contributed by atoms with Gasteiger partial charge in [-0.1, -0.05) is 74.9 Å². The van der Waals surface area contributed by atoms with Gasteiger partial charge in [0.2, 0.25) is 0 Å². The summed E-state index contributed by atoms with van der Waals surface area (Å²) in [6.45, 7) is 17.3. The Hall–Kier alpha value is -2.20. The van der Waals surface area contributed by atoms with Gasteiger partial charge in [-0.3, -0.25) is 0 Å². The van der Waals surface area contributed by atoms with Gasteiger partial charge in [0.1, 0.15) is 6.61 Å². The minimum Gasteiger partial charge on any atom is -0.375 e. The average molecular weight is 512 g/mol. The molecule has 1 aliphatic heterocycles. The van der Waals surface area contributed by atoms with Crippen molar-refractivity contribution in [3.05, 3.63) is 76.9 Å². The van der Waals surface area contributed by atoms with E-state index in [2.05, 4.69) is 88.6 Å². The van der Waals surface area contributed by atoms with E-state index in [0.29, 0.717) is 12.5 Å². The molecule has 0 aromatic heterocycles. The second kappa shape index (κ2) is 13.6. The maximum Gasteiger partial charge on any atom is 0.261 e. The molecular weight excluding hydrogens is 464 g/mol. The van der Waals surface area contributed by atoms with Crippen LogP contribution in [-0.2, 0) is 17.6 Å². The Kier molecular flexibility index (Phi) is 10.8. The van der Waals surface area contributed by atoms with E-state index < -0.39 is 13.0 Å². The van der Waals surface area contributed by atoms with Gasteiger partial charge < -0.3 is 9.64 Å². The number of halogens is 2. The zero-order valence-electron chi connectivity index (χ0n) is 23.7. The number of nitrogens with zero attached hydrogens (tertiary/aromatic N) is 1. The van der Waals surface area contributed by atoms with Crippen molar-refractivity contribution in [3.63, 3.8) is 0 Å². The predicted octanol–water partition coefficient (Wildman–Crippen LogP) is 8.64. The van der Waals surface area contributed by atoms with Gasteiger partial charge >= 0.3 is 0 Å². The lowest BCUT2D eigenvalue weighted by molar-refractivity contribution is -0.00209. The van der Waals surface area contributed by atoms with E-state index in [9.17, 15) is 8.78 Å². The molecule has 0 radical (unpaired) electrons. The van der Waals surface area contributed by atoms with Crippen molar-refractivity contribution < 1.29 is 13.5 Å². The van der Waals surface area contributed by atoms with Gasteiger partial charge in [0.15, 0.2) is 0 Å². The summed E-state index contributed by atoms with van der Waals surface area (Å²) < 4.78 is 30.7. The van der Waals surface area contributed by atoms with Crippen molar-refractivity contribution in [2.45, 2.75) is 79.6 Å². The SMILES string of the molecule is C=C(c1ccc(CC(C)C)c(CC)c1)N1CCC2(CC1)CC(/C=C\C=C(C)C)=CC(COCC(F)F)C2. The number of hydrogen-bond donors (Lipinski definition) is 0. The molecule has 2 aliphatic rings. The predicted molar refractivity (Wildman–Crippen MR) is 153 cm³/mol. The fourth-order valence-corrected chi connectivity index (χ4v) is 5.96. The highest BCUT2D eigenvalue weighted by atomic mass is 19.3. The van der Waals surface area contributed by atoms with E-state index in [1.807, 2.05) is 0 Å². The number of benzene rings is 1. The molecule has 0 amide bonds. The molecule has 3 rings (SSSR count). The molecule has 1 atom stereocenters. The lowest BCUT2D eigenvalue weighted by atomic mass is 9.65. The smallest absolute Gasteiger partial charge is 0.261 e. The number of alkyl halides is 2. The average Bonchev–Trinajstić information content (AvgIpc) is 2.83. The maximum atomic E-state index is 12.7. The van der Waals surface area contributed by atoms with Gasteiger partial charge in [-0.15, -0.1) is 0 Å². The molecule has 1 aromatic carbocycles. The van der Waals surface area contributed by atoms with Crippen LogP contribution in [0.25, 0.3) is 5.70 Å². The molecule has 1 saturated heterocycles. The Morgan fingerprint density at radius 3 is 2.54 bits per heavy atom. The van der Waals surface area contributed by atoms with Crippen LogP contribution in [0.1, 0.15) is 77.0 Å².